The molecule has 9 heteroatoms. The van der Waals surface area contributed by atoms with Gasteiger partial charge in [-0.15, -0.1) is 4.91 Å². The van der Waals surface area contributed by atoms with Crippen molar-refractivity contribution in [3.63, 3.8) is 0 Å². The summed E-state index contributed by atoms with van der Waals surface area (Å²) in [6.45, 7) is 8.23. The van der Waals surface area contributed by atoms with Crippen LogP contribution in [0.1, 0.15) is 34.1 Å². The molecule has 30 heavy (non-hydrogen) atoms. The number of pyridine rings is 1. The van der Waals surface area contributed by atoms with Crippen LogP contribution in [0.4, 0.5) is 10.1 Å². The van der Waals surface area contributed by atoms with Gasteiger partial charge in [-0.05, 0) is 30.7 Å². The van der Waals surface area contributed by atoms with E-state index in [4.69, 9.17) is 4.74 Å². The van der Waals surface area contributed by atoms with Crippen LogP contribution in [-0.4, -0.2) is 34.3 Å². The molecular formula is C21H21FN4O4. The highest BCUT2D eigenvalue weighted by atomic mass is 19.1. The average molecular weight is 412 g/mol. The normalized spacial score (nSPS) is 20.0. The Hall–Kier alpha value is -3.33. The zero-order chi connectivity index (χ0) is 21.6. The number of hydrogen-bond donors (Lipinski definition) is 1. The molecule has 0 saturated carbocycles. The lowest BCUT2D eigenvalue weighted by Gasteiger charge is -2.33. The lowest BCUT2D eigenvalue weighted by Crippen LogP contribution is -2.48. The maximum atomic E-state index is 14.1. The van der Waals surface area contributed by atoms with Crippen molar-refractivity contribution in [2.45, 2.75) is 39.2 Å². The van der Waals surface area contributed by atoms with Gasteiger partial charge in [-0.1, -0.05) is 18.7 Å². The fourth-order valence-electron chi connectivity index (χ4n) is 3.87. The van der Waals surface area contributed by atoms with Crippen molar-refractivity contribution < 1.29 is 13.9 Å². The number of halogens is 1. The number of nitrogens with one attached hydrogen (secondary N) is 1. The SMILES string of the molecule is C=C(NCc1ccc(C)cc1F)c1cn2c(c(N=O)c1=O)C(=O)N1C(C)COC1C2. The minimum Gasteiger partial charge on any atom is -0.381 e. The Morgan fingerprint density at radius 1 is 1.40 bits per heavy atom. The third-order valence-corrected chi connectivity index (χ3v) is 5.48. The second-order valence-electron chi connectivity index (χ2n) is 7.59. The molecule has 0 bridgehead atoms. The van der Waals surface area contributed by atoms with Crippen LogP contribution in [0.5, 0.6) is 0 Å². The van der Waals surface area contributed by atoms with E-state index in [1.165, 1.54) is 21.7 Å². The van der Waals surface area contributed by atoms with Gasteiger partial charge in [-0.2, -0.15) is 0 Å². The van der Waals surface area contributed by atoms with Gasteiger partial charge in [0.25, 0.3) is 5.91 Å². The Bertz CT molecular complexity index is 1130. The number of benzene rings is 1. The first kappa shape index (κ1) is 20.0. The number of amides is 1. The van der Waals surface area contributed by atoms with E-state index >= 15 is 0 Å². The number of carbonyl (C=O) groups is 1. The highest BCUT2D eigenvalue weighted by Crippen LogP contribution is 2.30. The molecule has 2 aliphatic heterocycles. The number of fused-ring (bicyclic) bond motifs is 2. The van der Waals surface area contributed by atoms with Crippen molar-refractivity contribution in [2.24, 2.45) is 5.18 Å². The maximum absolute atomic E-state index is 14.1. The van der Waals surface area contributed by atoms with Crippen LogP contribution in [0.25, 0.3) is 5.70 Å². The van der Waals surface area contributed by atoms with Crippen LogP contribution in [0.15, 0.2) is 40.9 Å². The van der Waals surface area contributed by atoms with Crippen LogP contribution >= 0.6 is 0 Å². The van der Waals surface area contributed by atoms with Gasteiger partial charge in [0.15, 0.2) is 11.9 Å². The second kappa shape index (κ2) is 7.49. The van der Waals surface area contributed by atoms with Crippen molar-refractivity contribution in [3.05, 3.63) is 74.3 Å². The third-order valence-electron chi connectivity index (χ3n) is 5.48. The predicted octanol–water partition coefficient (Wildman–Crippen LogP) is 2.65. The minimum atomic E-state index is -0.697. The van der Waals surface area contributed by atoms with Crippen molar-refractivity contribution in [3.8, 4) is 0 Å². The smallest absolute Gasteiger partial charge is 0.275 e. The fraction of sp³-hybridized carbons (Fsp3) is 0.333. The summed E-state index contributed by atoms with van der Waals surface area (Å²) in [5.74, 6) is -0.833. The van der Waals surface area contributed by atoms with Gasteiger partial charge in [0.2, 0.25) is 5.43 Å². The summed E-state index contributed by atoms with van der Waals surface area (Å²) in [5, 5.41) is 5.78. The van der Waals surface area contributed by atoms with Gasteiger partial charge < -0.3 is 19.5 Å². The van der Waals surface area contributed by atoms with Crippen molar-refractivity contribution in [1.82, 2.24) is 14.8 Å². The Morgan fingerprint density at radius 3 is 2.87 bits per heavy atom. The number of aryl methyl sites for hydroxylation is 1. The number of carbonyl (C=O) groups excluding carboxylic acids is 1. The Kier molecular flexibility index (Phi) is 4.98. The summed E-state index contributed by atoms with van der Waals surface area (Å²) in [6, 6.07) is 4.69. The number of nitrogens with zero attached hydrogens (tertiary/aromatic N) is 3. The number of hydrogen-bond acceptors (Lipinski definition) is 6. The summed E-state index contributed by atoms with van der Waals surface area (Å²) in [4.78, 5) is 38.8. The molecule has 2 atom stereocenters. The topological polar surface area (TPSA) is 93.0 Å². The quantitative estimate of drug-likeness (QED) is 0.762. The zero-order valence-electron chi connectivity index (χ0n) is 16.6. The first-order valence-electron chi connectivity index (χ1n) is 9.55. The van der Waals surface area contributed by atoms with Crippen LogP contribution in [0, 0.1) is 17.6 Å². The molecule has 1 aromatic heterocycles. The lowest BCUT2D eigenvalue weighted by molar-refractivity contribution is 0.00696. The molecule has 0 radical (unpaired) electrons. The highest BCUT2D eigenvalue weighted by Gasteiger charge is 2.42. The summed E-state index contributed by atoms with van der Waals surface area (Å²) in [6.07, 6.45) is 0.993. The van der Waals surface area contributed by atoms with E-state index in [-0.39, 0.29) is 41.9 Å². The molecule has 2 unspecified atom stereocenters. The molecule has 0 spiro atoms. The van der Waals surface area contributed by atoms with Crippen LogP contribution in [-0.2, 0) is 17.8 Å². The maximum Gasteiger partial charge on any atom is 0.275 e. The van der Waals surface area contributed by atoms with Gasteiger partial charge in [0.1, 0.15) is 11.5 Å². The number of rotatable bonds is 5. The van der Waals surface area contributed by atoms with Gasteiger partial charge in [0.05, 0.1) is 24.8 Å². The molecular weight excluding hydrogens is 391 g/mol. The summed E-state index contributed by atoms with van der Waals surface area (Å²) >= 11 is 0. The Morgan fingerprint density at radius 2 is 2.17 bits per heavy atom. The van der Waals surface area contributed by atoms with Crippen molar-refractivity contribution in [2.75, 3.05) is 6.61 Å². The summed E-state index contributed by atoms with van der Waals surface area (Å²) in [5.41, 5.74) is 0.297. The third kappa shape index (κ3) is 3.21. The van der Waals surface area contributed by atoms with E-state index in [9.17, 15) is 18.9 Å². The summed E-state index contributed by atoms with van der Waals surface area (Å²) < 4.78 is 21.2. The fourth-order valence-corrected chi connectivity index (χ4v) is 3.87. The van der Waals surface area contributed by atoms with E-state index in [1.54, 1.807) is 19.1 Å². The van der Waals surface area contributed by atoms with Crippen LogP contribution in [0.3, 0.4) is 0 Å². The molecule has 2 aliphatic rings. The number of ether oxygens (including phenoxy) is 1. The van der Waals surface area contributed by atoms with E-state index < -0.39 is 23.3 Å². The van der Waals surface area contributed by atoms with Gasteiger partial charge >= 0.3 is 0 Å². The largest absolute Gasteiger partial charge is 0.381 e. The molecule has 1 amide bonds. The molecule has 1 N–H and O–H groups in total. The molecule has 3 heterocycles. The molecule has 1 aromatic carbocycles. The van der Waals surface area contributed by atoms with E-state index in [2.05, 4.69) is 17.1 Å². The van der Waals surface area contributed by atoms with Crippen molar-refractivity contribution in [1.29, 1.82) is 0 Å². The van der Waals surface area contributed by atoms with Gasteiger partial charge in [-0.3, -0.25) is 9.59 Å². The van der Waals surface area contributed by atoms with E-state index in [0.717, 1.165) is 5.56 Å². The molecule has 1 saturated heterocycles. The second-order valence-corrected chi connectivity index (χ2v) is 7.59. The predicted molar refractivity (Wildman–Crippen MR) is 109 cm³/mol. The highest BCUT2D eigenvalue weighted by molar-refractivity contribution is 5.98. The van der Waals surface area contributed by atoms with Gasteiger partial charge in [0, 0.05) is 24.0 Å². The molecule has 0 aliphatic carbocycles. The molecule has 4 rings (SSSR count). The van der Waals surface area contributed by atoms with Crippen LogP contribution < -0.4 is 10.7 Å². The minimum absolute atomic E-state index is 0.0512. The zero-order valence-corrected chi connectivity index (χ0v) is 16.6. The Labute approximate surface area is 171 Å². The monoisotopic (exact) mass is 412 g/mol. The number of aromatic nitrogens is 1. The first-order valence-corrected chi connectivity index (χ1v) is 9.55. The molecule has 8 nitrogen and oxygen atoms in total. The van der Waals surface area contributed by atoms with Crippen LogP contribution in [0.2, 0.25) is 0 Å². The molecule has 1 fully saturated rings. The molecule has 156 valence electrons. The summed E-state index contributed by atoms with van der Waals surface area (Å²) in [7, 11) is 0. The van der Waals surface area contributed by atoms with E-state index in [1.807, 2.05) is 6.92 Å². The number of nitroso groups, excluding NO2 is 1. The van der Waals surface area contributed by atoms with Crippen molar-refractivity contribution >= 4 is 17.3 Å². The lowest BCUT2D eigenvalue weighted by atomic mass is 10.1. The first-order chi connectivity index (χ1) is 14.3. The average Bonchev–Trinajstić information content (AvgIpc) is 3.08. The standard InChI is InChI=1S/C21H21FN4O4/c1-11-4-5-14(16(22)6-11)7-23-13(3)15-8-25-9-17-26(12(2)10-30-17)21(28)19(25)18(24-29)20(15)27/h4-6,8,12,17,23H,3,7,9-10H2,1-2H3. The Balaban J connectivity index is 1.67. The molecule has 2 aromatic rings. The van der Waals surface area contributed by atoms with Gasteiger partial charge in [-0.25, -0.2) is 4.39 Å². The van der Waals surface area contributed by atoms with E-state index in [0.29, 0.717) is 12.2 Å².